The van der Waals surface area contributed by atoms with E-state index in [9.17, 15) is 0 Å². The van der Waals surface area contributed by atoms with Crippen LogP contribution in [0.15, 0.2) is 36.7 Å². The summed E-state index contributed by atoms with van der Waals surface area (Å²) in [6.45, 7) is 6.14. The highest BCUT2D eigenvalue weighted by Crippen LogP contribution is 2.22. The van der Waals surface area contributed by atoms with Crippen molar-refractivity contribution in [3.8, 4) is 0 Å². The van der Waals surface area contributed by atoms with Crippen LogP contribution in [-0.4, -0.2) is 11.9 Å². The van der Waals surface area contributed by atoms with Crippen molar-refractivity contribution in [1.82, 2.24) is 10.2 Å². The van der Waals surface area contributed by atoms with Crippen LogP contribution in [-0.2, 0) is 0 Å². The van der Waals surface area contributed by atoms with Gasteiger partial charge >= 0.3 is 0 Å². The zero-order chi connectivity index (χ0) is 11.3. The molecule has 0 radical (unpaired) electrons. The van der Waals surface area contributed by atoms with Crippen LogP contribution in [0.3, 0.4) is 0 Å². The summed E-state index contributed by atoms with van der Waals surface area (Å²) in [5, 5.41) is 3.31. The van der Waals surface area contributed by atoms with E-state index in [1.165, 1.54) is 11.1 Å². The Morgan fingerprint density at radius 3 is 2.40 bits per heavy atom. The molecule has 0 aromatic heterocycles. The van der Waals surface area contributed by atoms with Crippen molar-refractivity contribution in [3.63, 3.8) is 0 Å². The van der Waals surface area contributed by atoms with Gasteiger partial charge in [0, 0.05) is 19.4 Å². The molecule has 1 aliphatic rings. The normalized spacial score (nSPS) is 18.1. The average molecular weight is 204 g/mol. The van der Waals surface area contributed by atoms with Crippen LogP contribution in [0.4, 0.5) is 0 Å². The van der Waals surface area contributed by atoms with Gasteiger partial charge in [0.25, 0.3) is 0 Å². The molecule has 1 aromatic rings. The maximum absolute atomic E-state index is 3.31. The van der Waals surface area contributed by atoms with Gasteiger partial charge in [0.2, 0.25) is 0 Å². The molecule has 1 atom stereocenters. The Hall–Kier alpha value is -1.44. The maximum atomic E-state index is 3.31. The number of rotatable bonds is 1. The van der Waals surface area contributed by atoms with Crippen molar-refractivity contribution in [2.45, 2.75) is 26.9 Å². The van der Waals surface area contributed by atoms with E-state index >= 15 is 0 Å². The lowest BCUT2D eigenvalue weighted by Gasteiger charge is -2.22. The third-order valence-corrected chi connectivity index (χ3v) is 2.45. The minimum atomic E-state index is 0.307. The summed E-state index contributed by atoms with van der Waals surface area (Å²) in [7, 11) is 2.08. The summed E-state index contributed by atoms with van der Waals surface area (Å²) >= 11 is 0. The largest absolute Gasteiger partial charge is 0.366 e. The topological polar surface area (TPSA) is 15.3 Å². The number of hydrogen-bond acceptors (Lipinski definition) is 2. The highest BCUT2D eigenvalue weighted by atomic mass is 15.3. The van der Waals surface area contributed by atoms with Gasteiger partial charge in [-0.1, -0.05) is 38.1 Å². The second kappa shape index (κ2) is 5.44. The Kier molecular flexibility index (Phi) is 4.22. The molecular formula is C13H20N2. The van der Waals surface area contributed by atoms with E-state index in [4.69, 9.17) is 0 Å². The van der Waals surface area contributed by atoms with E-state index in [2.05, 4.69) is 54.7 Å². The van der Waals surface area contributed by atoms with Gasteiger partial charge in [-0.2, -0.15) is 0 Å². The molecule has 0 bridgehead atoms. The Bertz CT molecular complexity index is 331. The van der Waals surface area contributed by atoms with Gasteiger partial charge in [-0.25, -0.2) is 0 Å². The maximum Gasteiger partial charge on any atom is 0.125 e. The molecule has 0 fully saturated rings. The third kappa shape index (κ3) is 2.52. The third-order valence-electron chi connectivity index (χ3n) is 2.45. The van der Waals surface area contributed by atoms with E-state index in [0.717, 1.165) is 0 Å². The smallest absolute Gasteiger partial charge is 0.125 e. The Morgan fingerprint density at radius 2 is 1.87 bits per heavy atom. The lowest BCUT2D eigenvalue weighted by Crippen LogP contribution is -2.23. The van der Waals surface area contributed by atoms with Crippen molar-refractivity contribution in [2.75, 3.05) is 7.05 Å². The second-order valence-corrected chi connectivity index (χ2v) is 3.41. The van der Waals surface area contributed by atoms with Gasteiger partial charge in [0.15, 0.2) is 0 Å². The molecule has 1 aromatic carbocycles. The lowest BCUT2D eigenvalue weighted by atomic mass is 10.1. The number of hydrogen-bond donors (Lipinski definition) is 1. The van der Waals surface area contributed by atoms with Crippen molar-refractivity contribution in [3.05, 3.63) is 47.8 Å². The van der Waals surface area contributed by atoms with Crippen LogP contribution >= 0.6 is 0 Å². The van der Waals surface area contributed by atoms with Crippen molar-refractivity contribution in [1.29, 1.82) is 0 Å². The molecule has 82 valence electrons. The lowest BCUT2D eigenvalue weighted by molar-refractivity contribution is 0.339. The summed E-state index contributed by atoms with van der Waals surface area (Å²) in [5.74, 6) is 0. The predicted octanol–water partition coefficient (Wildman–Crippen LogP) is 3.03. The molecular weight excluding hydrogens is 184 g/mol. The summed E-state index contributed by atoms with van der Waals surface area (Å²) in [4.78, 5) is 2.17. The molecule has 2 heteroatoms. The Balaban J connectivity index is 0.000000531. The van der Waals surface area contributed by atoms with E-state index in [-0.39, 0.29) is 0 Å². The first-order valence-electron chi connectivity index (χ1n) is 5.49. The van der Waals surface area contributed by atoms with Gasteiger partial charge in [-0.05, 0) is 18.1 Å². The monoisotopic (exact) mass is 204 g/mol. The minimum Gasteiger partial charge on any atom is -0.366 e. The van der Waals surface area contributed by atoms with Crippen molar-refractivity contribution < 1.29 is 0 Å². The van der Waals surface area contributed by atoms with Crippen LogP contribution in [0.2, 0.25) is 0 Å². The SMILES string of the molecule is CC.Cc1ccccc1C1NC=CN1C. The molecule has 0 amide bonds. The standard InChI is InChI=1S/C11H14N2.C2H6/c1-9-5-3-4-6-10(9)11-12-7-8-13(11)2;1-2/h3-8,11-12H,1-2H3;1-2H3. The van der Waals surface area contributed by atoms with Gasteiger partial charge in [0.05, 0.1) is 0 Å². The molecule has 15 heavy (non-hydrogen) atoms. The molecule has 0 saturated carbocycles. The highest BCUT2D eigenvalue weighted by Gasteiger charge is 2.17. The van der Waals surface area contributed by atoms with Crippen LogP contribution in [0, 0.1) is 6.92 Å². The first-order chi connectivity index (χ1) is 7.29. The average Bonchev–Trinajstić information content (AvgIpc) is 2.68. The molecule has 2 nitrogen and oxygen atoms in total. The molecule has 1 aliphatic heterocycles. The minimum absolute atomic E-state index is 0.307. The van der Waals surface area contributed by atoms with Gasteiger partial charge in [-0.3, -0.25) is 0 Å². The molecule has 0 aliphatic carbocycles. The molecule has 1 unspecified atom stereocenters. The second-order valence-electron chi connectivity index (χ2n) is 3.41. The first-order valence-corrected chi connectivity index (χ1v) is 5.49. The number of nitrogens with zero attached hydrogens (tertiary/aromatic N) is 1. The van der Waals surface area contributed by atoms with Crippen molar-refractivity contribution in [2.24, 2.45) is 0 Å². The van der Waals surface area contributed by atoms with Gasteiger partial charge in [-0.15, -0.1) is 0 Å². The van der Waals surface area contributed by atoms with Gasteiger partial charge < -0.3 is 10.2 Å². The summed E-state index contributed by atoms with van der Waals surface area (Å²) in [6, 6.07) is 8.46. The van der Waals surface area contributed by atoms with Crippen molar-refractivity contribution >= 4 is 0 Å². The number of nitrogens with one attached hydrogen (secondary N) is 1. The molecule has 1 N–H and O–H groups in total. The zero-order valence-electron chi connectivity index (χ0n) is 9.99. The molecule has 1 heterocycles. The predicted molar refractivity (Wildman–Crippen MR) is 65.3 cm³/mol. The van der Waals surface area contributed by atoms with Crippen LogP contribution in [0.25, 0.3) is 0 Å². The summed E-state index contributed by atoms with van der Waals surface area (Å²) in [5.41, 5.74) is 2.67. The van der Waals surface area contributed by atoms with E-state index < -0.39 is 0 Å². The Morgan fingerprint density at radius 1 is 1.20 bits per heavy atom. The molecule has 2 rings (SSSR count). The highest BCUT2D eigenvalue weighted by molar-refractivity contribution is 5.29. The Labute approximate surface area is 92.6 Å². The fourth-order valence-electron chi connectivity index (χ4n) is 1.66. The number of aryl methyl sites for hydroxylation is 1. The van der Waals surface area contributed by atoms with Gasteiger partial charge in [0.1, 0.15) is 6.17 Å². The fourth-order valence-corrected chi connectivity index (χ4v) is 1.66. The molecule has 0 spiro atoms. The van der Waals surface area contributed by atoms with Crippen LogP contribution in [0.1, 0.15) is 31.1 Å². The number of benzene rings is 1. The van der Waals surface area contributed by atoms with E-state index in [1.54, 1.807) is 0 Å². The first kappa shape index (κ1) is 11.6. The fraction of sp³-hybridized carbons (Fsp3) is 0.385. The summed E-state index contributed by atoms with van der Waals surface area (Å²) < 4.78 is 0. The van der Waals surface area contributed by atoms with E-state index in [1.807, 2.05) is 20.0 Å². The van der Waals surface area contributed by atoms with Crippen LogP contribution in [0.5, 0.6) is 0 Å². The quantitative estimate of drug-likeness (QED) is 0.756. The zero-order valence-corrected chi connectivity index (χ0v) is 9.99. The van der Waals surface area contributed by atoms with E-state index in [0.29, 0.717) is 6.17 Å². The summed E-state index contributed by atoms with van der Waals surface area (Å²) in [6.07, 6.45) is 4.34. The molecule has 0 saturated heterocycles. The van der Waals surface area contributed by atoms with Crippen LogP contribution < -0.4 is 5.32 Å².